The average molecular weight is 800 g/mol. The summed E-state index contributed by atoms with van der Waals surface area (Å²) in [6.45, 7) is 1.18. The van der Waals surface area contributed by atoms with Crippen LogP contribution in [0.4, 0.5) is 17.3 Å². The molecule has 304 valence electrons. The highest BCUT2D eigenvalue weighted by Crippen LogP contribution is 2.53. The molecular weight excluding hydrogens is 755 g/mol. The summed E-state index contributed by atoms with van der Waals surface area (Å²) in [4.78, 5) is 104. The number of carbonyl (C=O) groups is 7. The van der Waals surface area contributed by atoms with Crippen molar-refractivity contribution in [1.82, 2.24) is 34.6 Å². The predicted molar refractivity (Wildman–Crippen MR) is 215 cm³/mol. The van der Waals surface area contributed by atoms with Gasteiger partial charge in [-0.25, -0.2) is 4.98 Å². The number of hydrogen-bond acceptors (Lipinski definition) is 10. The van der Waals surface area contributed by atoms with Crippen LogP contribution in [0.2, 0.25) is 0 Å². The molecule has 4 aromatic rings. The number of anilines is 3. The minimum absolute atomic E-state index is 0.0193. The Labute approximate surface area is 339 Å². The van der Waals surface area contributed by atoms with Crippen molar-refractivity contribution < 1.29 is 33.6 Å². The molecule has 0 radical (unpaired) electrons. The molecule has 16 nitrogen and oxygen atoms in total. The number of amides is 7. The maximum atomic E-state index is 13.5. The second-order valence-electron chi connectivity index (χ2n) is 16.8. The molecule has 5 heterocycles. The van der Waals surface area contributed by atoms with E-state index in [9.17, 15) is 33.6 Å². The third kappa shape index (κ3) is 6.89. The Morgan fingerprint density at radius 1 is 0.864 bits per heavy atom. The van der Waals surface area contributed by atoms with E-state index in [0.29, 0.717) is 48.8 Å². The van der Waals surface area contributed by atoms with Crippen LogP contribution in [0.1, 0.15) is 112 Å². The lowest BCUT2D eigenvalue weighted by molar-refractivity contribution is -0.136. The van der Waals surface area contributed by atoms with Gasteiger partial charge in [-0.05, 0) is 98.9 Å². The number of nitrogens with zero attached hydrogens (tertiary/aromatic N) is 6. The zero-order valence-corrected chi connectivity index (χ0v) is 33.0. The molecule has 2 saturated heterocycles. The van der Waals surface area contributed by atoms with Crippen LogP contribution in [0.15, 0.2) is 54.7 Å². The van der Waals surface area contributed by atoms with Gasteiger partial charge in [0.15, 0.2) is 0 Å². The van der Waals surface area contributed by atoms with Gasteiger partial charge >= 0.3 is 0 Å². The standard InChI is InChI=1S/C43H45N9O7/c1-49(2)41(59)33-19-25-23-44-42(48-35(25)51(33)29-5-3-4-6-29)46-27-9-7-24(8-10-27)38(56)50-17-15-43(16-18-50)21-26(22-43)36(54)45-28-11-12-30-31(20-28)40(58)52(39(30)57)32-13-14-34(53)47-37(32)55/h7-12,19-20,23,26,29,32H,3-6,13-18,21-22H2,1-2H3,(H,45,54)(H,44,46,48)(H,47,53,55). The van der Waals surface area contributed by atoms with Gasteiger partial charge in [-0.2, -0.15) is 4.98 Å². The largest absolute Gasteiger partial charge is 0.343 e. The molecule has 0 bridgehead atoms. The molecular formula is C43H45N9O7. The van der Waals surface area contributed by atoms with Crippen molar-refractivity contribution in [2.75, 3.05) is 37.8 Å². The molecule has 59 heavy (non-hydrogen) atoms. The Morgan fingerprint density at radius 3 is 2.25 bits per heavy atom. The Kier molecular flexibility index (Phi) is 9.51. The highest BCUT2D eigenvalue weighted by molar-refractivity contribution is 6.24. The number of imide groups is 2. The summed E-state index contributed by atoms with van der Waals surface area (Å²) >= 11 is 0. The highest BCUT2D eigenvalue weighted by atomic mass is 16.2. The number of piperidine rings is 2. The molecule has 3 N–H and O–H groups in total. The molecule has 16 heteroatoms. The highest BCUT2D eigenvalue weighted by Gasteiger charge is 2.49. The second-order valence-corrected chi connectivity index (χ2v) is 16.8. The molecule has 2 aromatic heterocycles. The fourth-order valence-electron chi connectivity index (χ4n) is 9.56. The van der Waals surface area contributed by atoms with Crippen LogP contribution >= 0.6 is 0 Å². The molecule has 2 saturated carbocycles. The van der Waals surface area contributed by atoms with E-state index in [1.165, 1.54) is 12.1 Å². The van der Waals surface area contributed by atoms with E-state index in [-0.39, 0.29) is 59.1 Å². The van der Waals surface area contributed by atoms with Gasteiger partial charge in [0.1, 0.15) is 17.4 Å². The van der Waals surface area contributed by atoms with Crippen molar-refractivity contribution in [3.8, 4) is 0 Å². The number of aromatic nitrogens is 3. The Morgan fingerprint density at radius 2 is 1.56 bits per heavy atom. The first-order valence-electron chi connectivity index (χ1n) is 20.3. The molecule has 1 unspecified atom stereocenters. The Balaban J connectivity index is 0.778. The van der Waals surface area contributed by atoms with Crippen molar-refractivity contribution in [3.05, 3.63) is 77.1 Å². The fourth-order valence-corrected chi connectivity index (χ4v) is 9.56. The van der Waals surface area contributed by atoms with Gasteiger partial charge in [-0.1, -0.05) is 12.8 Å². The monoisotopic (exact) mass is 799 g/mol. The van der Waals surface area contributed by atoms with Crippen LogP contribution in [0.25, 0.3) is 11.0 Å². The molecule has 2 aliphatic carbocycles. The van der Waals surface area contributed by atoms with Crippen LogP contribution in [-0.2, 0) is 14.4 Å². The van der Waals surface area contributed by atoms with E-state index in [2.05, 4.69) is 25.5 Å². The maximum Gasteiger partial charge on any atom is 0.270 e. The summed E-state index contributed by atoms with van der Waals surface area (Å²) in [5.41, 5.74) is 3.28. The van der Waals surface area contributed by atoms with E-state index in [0.717, 1.165) is 60.1 Å². The number of hydrogen-bond donors (Lipinski definition) is 3. The Hall–Kier alpha value is -6.45. The van der Waals surface area contributed by atoms with Gasteiger partial charge in [-0.3, -0.25) is 43.8 Å². The van der Waals surface area contributed by atoms with Crippen LogP contribution in [0.5, 0.6) is 0 Å². The predicted octanol–water partition coefficient (Wildman–Crippen LogP) is 4.66. The van der Waals surface area contributed by atoms with Crippen molar-refractivity contribution >= 4 is 69.7 Å². The first-order chi connectivity index (χ1) is 28.4. The number of benzene rings is 2. The summed E-state index contributed by atoms with van der Waals surface area (Å²) < 4.78 is 2.08. The van der Waals surface area contributed by atoms with Gasteiger partial charge < -0.3 is 25.0 Å². The normalized spacial score (nSPS) is 20.5. The molecule has 9 rings (SSSR count). The van der Waals surface area contributed by atoms with Crippen molar-refractivity contribution in [3.63, 3.8) is 0 Å². The van der Waals surface area contributed by atoms with Crippen molar-refractivity contribution in [2.45, 2.75) is 76.3 Å². The molecule has 1 spiro atoms. The number of carbonyl (C=O) groups excluding carboxylic acids is 7. The lowest BCUT2D eigenvalue weighted by Gasteiger charge is -2.51. The summed E-state index contributed by atoms with van der Waals surface area (Å²) in [5, 5.41) is 9.17. The van der Waals surface area contributed by atoms with E-state index < -0.39 is 29.7 Å². The zero-order chi connectivity index (χ0) is 41.2. The number of rotatable bonds is 8. The second kappa shape index (κ2) is 14.7. The number of fused-ring (bicyclic) bond motifs is 2. The molecule has 1 atom stereocenters. The maximum absolute atomic E-state index is 13.5. The SMILES string of the molecule is CN(C)C(=O)c1cc2cnc(Nc3ccc(C(=O)N4CCC5(CC4)CC(C(=O)Nc4ccc6c(c4)C(=O)N(C4CCC(=O)NC4=O)C6=O)C5)cc3)nc2n1C1CCCC1. The number of nitrogens with one attached hydrogen (secondary N) is 3. The summed E-state index contributed by atoms with van der Waals surface area (Å²) in [6.07, 6.45) is 9.04. The molecule has 4 fully saturated rings. The minimum atomic E-state index is -1.06. The number of likely N-dealkylation sites (tertiary alicyclic amines) is 1. The van der Waals surface area contributed by atoms with Crippen LogP contribution in [0.3, 0.4) is 0 Å². The first kappa shape index (κ1) is 38.1. The molecule has 7 amide bonds. The quantitative estimate of drug-likeness (QED) is 0.211. The third-order valence-corrected chi connectivity index (χ3v) is 12.8. The van der Waals surface area contributed by atoms with Crippen LogP contribution < -0.4 is 16.0 Å². The van der Waals surface area contributed by atoms with Gasteiger partial charge in [0.2, 0.25) is 23.7 Å². The first-order valence-corrected chi connectivity index (χ1v) is 20.3. The van der Waals surface area contributed by atoms with Gasteiger partial charge in [0.05, 0.1) is 11.1 Å². The smallest absolute Gasteiger partial charge is 0.270 e. The topological polar surface area (TPSA) is 196 Å². The van der Waals surface area contributed by atoms with E-state index >= 15 is 0 Å². The van der Waals surface area contributed by atoms with Gasteiger partial charge in [0.25, 0.3) is 23.6 Å². The molecule has 2 aromatic carbocycles. The van der Waals surface area contributed by atoms with Crippen molar-refractivity contribution in [2.24, 2.45) is 11.3 Å². The lowest BCUT2D eigenvalue weighted by atomic mass is 9.57. The fraction of sp³-hybridized carbons (Fsp3) is 0.419. The van der Waals surface area contributed by atoms with Gasteiger partial charge in [0, 0.05) is 74.1 Å². The third-order valence-electron chi connectivity index (χ3n) is 12.8. The zero-order valence-electron chi connectivity index (χ0n) is 33.0. The summed E-state index contributed by atoms with van der Waals surface area (Å²) in [5.74, 6) is -2.44. The molecule has 5 aliphatic rings. The van der Waals surface area contributed by atoms with Crippen molar-refractivity contribution in [1.29, 1.82) is 0 Å². The van der Waals surface area contributed by atoms with Crippen LogP contribution in [-0.4, -0.2) is 104 Å². The van der Waals surface area contributed by atoms with Crippen LogP contribution in [0, 0.1) is 11.3 Å². The molecule has 3 aliphatic heterocycles. The van der Waals surface area contributed by atoms with E-state index in [1.807, 2.05) is 23.1 Å². The lowest BCUT2D eigenvalue weighted by Crippen LogP contribution is -2.54. The van der Waals surface area contributed by atoms with E-state index in [4.69, 9.17) is 4.98 Å². The summed E-state index contributed by atoms with van der Waals surface area (Å²) in [6, 6.07) is 12.8. The average Bonchev–Trinajstić information content (AvgIpc) is 3.94. The van der Waals surface area contributed by atoms with Gasteiger partial charge in [-0.15, -0.1) is 0 Å². The Bertz CT molecular complexity index is 2440. The summed E-state index contributed by atoms with van der Waals surface area (Å²) in [7, 11) is 3.50. The minimum Gasteiger partial charge on any atom is -0.343 e. The van der Waals surface area contributed by atoms with E-state index in [1.54, 1.807) is 43.4 Å².